The van der Waals surface area contributed by atoms with E-state index in [0.717, 1.165) is 30.0 Å². The van der Waals surface area contributed by atoms with Gasteiger partial charge >= 0.3 is 0 Å². The number of benzene rings is 1. The van der Waals surface area contributed by atoms with E-state index >= 15 is 0 Å². The van der Waals surface area contributed by atoms with Crippen LogP contribution in [0.3, 0.4) is 0 Å². The molecule has 0 spiro atoms. The molecule has 0 aromatic heterocycles. The summed E-state index contributed by atoms with van der Waals surface area (Å²) in [5.41, 5.74) is 2.27. The van der Waals surface area contributed by atoms with Crippen molar-refractivity contribution >= 4 is 6.08 Å². The Morgan fingerprint density at radius 2 is 1.95 bits per heavy atom. The minimum atomic E-state index is 0.595. The van der Waals surface area contributed by atoms with E-state index in [9.17, 15) is 0 Å². The Morgan fingerprint density at radius 3 is 2.63 bits per heavy atom. The fraction of sp³-hybridized carbons (Fsp3) is 0.176. The Hall–Kier alpha value is -2.06. The van der Waals surface area contributed by atoms with Crippen LogP contribution in [0.1, 0.15) is 5.56 Å². The summed E-state index contributed by atoms with van der Waals surface area (Å²) in [6.07, 6.45) is 7.81. The van der Waals surface area contributed by atoms with Crippen LogP contribution >= 0.6 is 0 Å². The molecule has 2 rings (SSSR count). The maximum Gasteiger partial charge on any atom is 0.142 e. The standard InChI is InChI=1S/C17H19NO/c1-3-12-18-13-16(4-2)17(19-14-18)11-10-15-8-6-5-7-9-15/h3-11H,1-2,12-14H2/b11-10-. The largest absolute Gasteiger partial charge is 0.478 e. The van der Waals surface area contributed by atoms with Crippen LogP contribution < -0.4 is 0 Å². The van der Waals surface area contributed by atoms with Gasteiger partial charge in [-0.15, -0.1) is 6.58 Å². The van der Waals surface area contributed by atoms with Gasteiger partial charge in [0, 0.05) is 18.7 Å². The number of allylic oxidation sites excluding steroid dienone is 1. The van der Waals surface area contributed by atoms with Crippen LogP contribution in [0.4, 0.5) is 0 Å². The van der Waals surface area contributed by atoms with Gasteiger partial charge in [0.2, 0.25) is 0 Å². The van der Waals surface area contributed by atoms with Gasteiger partial charge in [0.15, 0.2) is 0 Å². The van der Waals surface area contributed by atoms with Crippen molar-refractivity contribution in [2.24, 2.45) is 0 Å². The van der Waals surface area contributed by atoms with Gasteiger partial charge in [-0.2, -0.15) is 0 Å². The van der Waals surface area contributed by atoms with Crippen molar-refractivity contribution in [3.63, 3.8) is 0 Å². The van der Waals surface area contributed by atoms with Gasteiger partial charge in [-0.05, 0) is 11.6 Å². The second kappa shape index (κ2) is 6.76. The second-order valence-electron chi connectivity index (χ2n) is 4.41. The lowest BCUT2D eigenvalue weighted by atomic mass is 10.1. The summed E-state index contributed by atoms with van der Waals surface area (Å²) in [6.45, 7) is 9.88. The summed E-state index contributed by atoms with van der Waals surface area (Å²) in [7, 11) is 0. The highest BCUT2D eigenvalue weighted by molar-refractivity contribution is 5.53. The normalized spacial score (nSPS) is 16.4. The van der Waals surface area contributed by atoms with E-state index in [-0.39, 0.29) is 0 Å². The van der Waals surface area contributed by atoms with Crippen LogP contribution in [0.5, 0.6) is 0 Å². The van der Waals surface area contributed by atoms with Crippen molar-refractivity contribution in [3.05, 3.63) is 78.6 Å². The summed E-state index contributed by atoms with van der Waals surface area (Å²) in [6, 6.07) is 10.2. The van der Waals surface area contributed by atoms with Crippen molar-refractivity contribution in [1.29, 1.82) is 0 Å². The molecule has 2 nitrogen and oxygen atoms in total. The predicted molar refractivity (Wildman–Crippen MR) is 80.4 cm³/mol. The minimum Gasteiger partial charge on any atom is -0.478 e. The van der Waals surface area contributed by atoms with E-state index in [0.29, 0.717) is 6.73 Å². The average molecular weight is 253 g/mol. The number of hydrogen-bond acceptors (Lipinski definition) is 2. The van der Waals surface area contributed by atoms with Crippen LogP contribution in [-0.4, -0.2) is 24.7 Å². The number of nitrogens with zero attached hydrogens (tertiary/aromatic N) is 1. The van der Waals surface area contributed by atoms with E-state index < -0.39 is 0 Å². The molecule has 0 unspecified atom stereocenters. The number of rotatable bonds is 5. The van der Waals surface area contributed by atoms with Gasteiger partial charge in [-0.25, -0.2) is 0 Å². The summed E-state index contributed by atoms with van der Waals surface area (Å²) in [4.78, 5) is 2.17. The molecule has 0 saturated heterocycles. The van der Waals surface area contributed by atoms with Gasteiger partial charge in [0.1, 0.15) is 12.5 Å². The highest BCUT2D eigenvalue weighted by Crippen LogP contribution is 2.18. The molecule has 0 aliphatic carbocycles. The molecule has 0 fully saturated rings. The molecule has 0 saturated carbocycles. The Bertz CT molecular complexity index is 499. The summed E-state index contributed by atoms with van der Waals surface area (Å²) in [5.74, 6) is 0.902. The third-order valence-electron chi connectivity index (χ3n) is 2.97. The van der Waals surface area contributed by atoms with Crippen molar-refractivity contribution in [3.8, 4) is 0 Å². The lowest BCUT2D eigenvalue weighted by Gasteiger charge is -2.28. The van der Waals surface area contributed by atoms with E-state index in [1.54, 1.807) is 0 Å². The highest BCUT2D eigenvalue weighted by Gasteiger charge is 2.15. The Morgan fingerprint density at radius 1 is 1.16 bits per heavy atom. The van der Waals surface area contributed by atoms with Gasteiger partial charge in [-0.3, -0.25) is 4.90 Å². The van der Waals surface area contributed by atoms with Gasteiger partial charge in [0.25, 0.3) is 0 Å². The molecular weight excluding hydrogens is 234 g/mol. The molecule has 1 aromatic carbocycles. The quantitative estimate of drug-likeness (QED) is 0.743. The van der Waals surface area contributed by atoms with Crippen LogP contribution in [0.15, 0.2) is 73.1 Å². The summed E-state index contributed by atoms with van der Waals surface area (Å²) < 4.78 is 5.77. The van der Waals surface area contributed by atoms with Gasteiger partial charge in [-0.1, -0.05) is 55.1 Å². The highest BCUT2D eigenvalue weighted by atomic mass is 16.5. The van der Waals surface area contributed by atoms with Gasteiger partial charge in [0.05, 0.1) is 0 Å². The molecular formula is C17H19NO. The fourth-order valence-electron chi connectivity index (χ4n) is 1.97. The van der Waals surface area contributed by atoms with E-state index in [4.69, 9.17) is 4.74 Å². The fourth-order valence-corrected chi connectivity index (χ4v) is 1.97. The first kappa shape index (κ1) is 13.4. The maximum absolute atomic E-state index is 5.77. The van der Waals surface area contributed by atoms with Crippen molar-refractivity contribution in [2.75, 3.05) is 19.8 Å². The minimum absolute atomic E-state index is 0.595. The zero-order chi connectivity index (χ0) is 13.5. The lowest BCUT2D eigenvalue weighted by molar-refractivity contribution is 0.0736. The van der Waals surface area contributed by atoms with E-state index in [1.165, 1.54) is 0 Å². The molecule has 1 aliphatic rings. The molecule has 19 heavy (non-hydrogen) atoms. The first-order valence-electron chi connectivity index (χ1n) is 6.38. The van der Waals surface area contributed by atoms with Crippen LogP contribution in [0.2, 0.25) is 0 Å². The van der Waals surface area contributed by atoms with Crippen molar-refractivity contribution < 1.29 is 4.74 Å². The third kappa shape index (κ3) is 3.70. The zero-order valence-electron chi connectivity index (χ0n) is 11.1. The molecule has 0 atom stereocenters. The van der Waals surface area contributed by atoms with Crippen LogP contribution in [0.25, 0.3) is 6.08 Å². The maximum atomic E-state index is 5.77. The summed E-state index contributed by atoms with van der Waals surface area (Å²) >= 11 is 0. The van der Waals surface area contributed by atoms with E-state index in [2.05, 4.69) is 36.3 Å². The molecule has 0 bridgehead atoms. The first-order valence-corrected chi connectivity index (χ1v) is 6.38. The second-order valence-corrected chi connectivity index (χ2v) is 4.41. The Labute approximate surface area is 115 Å². The summed E-state index contributed by atoms with van der Waals surface area (Å²) in [5, 5.41) is 0. The zero-order valence-corrected chi connectivity index (χ0v) is 11.1. The smallest absolute Gasteiger partial charge is 0.142 e. The van der Waals surface area contributed by atoms with Crippen molar-refractivity contribution in [1.82, 2.24) is 4.90 Å². The molecule has 0 amide bonds. The molecule has 98 valence electrons. The topological polar surface area (TPSA) is 12.5 Å². The SMILES string of the molecule is C=CCN1COC(/C=C\c2ccccc2)=C(C=C)C1. The molecule has 0 radical (unpaired) electrons. The average Bonchev–Trinajstić information content (AvgIpc) is 2.47. The van der Waals surface area contributed by atoms with Crippen LogP contribution in [0, 0.1) is 0 Å². The third-order valence-corrected chi connectivity index (χ3v) is 2.97. The molecule has 2 heteroatoms. The number of ether oxygens (including phenoxy) is 1. The molecule has 1 heterocycles. The van der Waals surface area contributed by atoms with Crippen LogP contribution in [-0.2, 0) is 4.74 Å². The number of hydrogen-bond donors (Lipinski definition) is 0. The lowest BCUT2D eigenvalue weighted by Crippen LogP contribution is -2.32. The van der Waals surface area contributed by atoms with E-state index in [1.807, 2.05) is 36.4 Å². The predicted octanol–water partition coefficient (Wildman–Crippen LogP) is 3.62. The Balaban J connectivity index is 2.12. The molecule has 0 N–H and O–H groups in total. The Kier molecular flexibility index (Phi) is 4.76. The van der Waals surface area contributed by atoms with Gasteiger partial charge < -0.3 is 4.74 Å². The molecule has 1 aliphatic heterocycles. The monoisotopic (exact) mass is 253 g/mol. The van der Waals surface area contributed by atoms with Crippen molar-refractivity contribution in [2.45, 2.75) is 0 Å². The molecule has 1 aromatic rings. The first-order chi connectivity index (χ1) is 9.33.